The maximum atomic E-state index is 11.7. The van der Waals surface area contributed by atoms with Crippen LogP contribution in [0.3, 0.4) is 0 Å². The van der Waals surface area contributed by atoms with Gasteiger partial charge in [-0.05, 0) is 48.9 Å². The lowest BCUT2D eigenvalue weighted by Gasteiger charge is -2.21. The van der Waals surface area contributed by atoms with Gasteiger partial charge in [0.25, 0.3) is 0 Å². The maximum Gasteiger partial charge on any atom is 0.323 e. The van der Waals surface area contributed by atoms with Gasteiger partial charge in [-0.15, -0.1) is 0 Å². The minimum atomic E-state index is -0.258. The van der Waals surface area contributed by atoms with Crippen molar-refractivity contribution in [1.29, 1.82) is 0 Å². The molecule has 1 atom stereocenters. The monoisotopic (exact) mass is 263 g/mol. The number of ether oxygens (including phenoxy) is 1. The molecule has 1 aromatic carbocycles. The fraction of sp³-hybridized carbons (Fsp3) is 0.562. The van der Waals surface area contributed by atoms with Crippen LogP contribution in [-0.2, 0) is 16.1 Å². The molecule has 0 heterocycles. The van der Waals surface area contributed by atoms with Crippen molar-refractivity contribution in [3.05, 3.63) is 34.4 Å². The van der Waals surface area contributed by atoms with Crippen molar-refractivity contribution in [2.45, 2.75) is 47.2 Å². The average molecular weight is 263 g/mol. The maximum absolute atomic E-state index is 11.7. The van der Waals surface area contributed by atoms with Crippen LogP contribution in [0, 0.1) is 26.7 Å². The molecule has 0 aliphatic rings. The number of carbonyl (C=O) groups excluding carboxylic acids is 1. The molecule has 0 bridgehead atoms. The van der Waals surface area contributed by atoms with Crippen LogP contribution < -0.4 is 5.32 Å². The Bertz CT molecular complexity index is 452. The molecule has 0 amide bonds. The van der Waals surface area contributed by atoms with Gasteiger partial charge < -0.3 is 10.1 Å². The lowest BCUT2D eigenvalue weighted by molar-refractivity contribution is -0.144. The number of carbonyl (C=O) groups is 1. The fourth-order valence-corrected chi connectivity index (χ4v) is 2.15. The van der Waals surface area contributed by atoms with Gasteiger partial charge >= 0.3 is 5.97 Å². The Kier molecular flexibility index (Phi) is 5.55. The molecule has 1 aromatic rings. The summed E-state index contributed by atoms with van der Waals surface area (Å²) in [4.78, 5) is 11.7. The number of aryl methyl sites for hydroxylation is 3. The molecule has 3 nitrogen and oxygen atoms in total. The lowest BCUT2D eigenvalue weighted by atomic mass is 9.99. The van der Waals surface area contributed by atoms with Crippen molar-refractivity contribution in [3.8, 4) is 0 Å². The van der Waals surface area contributed by atoms with Crippen LogP contribution in [-0.4, -0.2) is 19.1 Å². The molecular formula is C16H25NO2. The Morgan fingerprint density at radius 1 is 1.16 bits per heavy atom. The summed E-state index contributed by atoms with van der Waals surface area (Å²) in [5, 5.41) is 3.30. The largest absolute Gasteiger partial charge is 0.468 e. The van der Waals surface area contributed by atoms with E-state index in [9.17, 15) is 4.79 Å². The summed E-state index contributed by atoms with van der Waals surface area (Å²) < 4.78 is 4.83. The van der Waals surface area contributed by atoms with E-state index in [2.05, 4.69) is 38.2 Å². The summed E-state index contributed by atoms with van der Waals surface area (Å²) in [6, 6.07) is 4.12. The molecule has 0 unspecified atom stereocenters. The molecule has 19 heavy (non-hydrogen) atoms. The molecule has 0 saturated carbocycles. The molecule has 0 spiro atoms. The highest BCUT2D eigenvalue weighted by Crippen LogP contribution is 2.16. The molecule has 0 aliphatic heterocycles. The van der Waals surface area contributed by atoms with E-state index in [1.807, 2.05) is 13.8 Å². The summed E-state index contributed by atoms with van der Waals surface area (Å²) in [7, 11) is 1.43. The molecule has 0 aromatic heterocycles. The molecule has 0 fully saturated rings. The molecule has 0 aliphatic carbocycles. The zero-order valence-corrected chi connectivity index (χ0v) is 12.8. The number of rotatable bonds is 5. The van der Waals surface area contributed by atoms with Crippen molar-refractivity contribution in [2.75, 3.05) is 7.11 Å². The Hall–Kier alpha value is -1.35. The van der Waals surface area contributed by atoms with Gasteiger partial charge in [0.05, 0.1) is 7.11 Å². The third-order valence-electron chi connectivity index (χ3n) is 3.59. The highest BCUT2D eigenvalue weighted by Gasteiger charge is 2.22. The highest BCUT2D eigenvalue weighted by molar-refractivity contribution is 5.75. The first kappa shape index (κ1) is 15.7. The third-order valence-corrected chi connectivity index (χ3v) is 3.59. The zero-order valence-electron chi connectivity index (χ0n) is 12.8. The van der Waals surface area contributed by atoms with Crippen molar-refractivity contribution in [3.63, 3.8) is 0 Å². The van der Waals surface area contributed by atoms with E-state index >= 15 is 0 Å². The Morgan fingerprint density at radius 3 is 2.26 bits per heavy atom. The number of nitrogens with one attached hydrogen (secondary N) is 1. The van der Waals surface area contributed by atoms with Crippen LogP contribution in [0.25, 0.3) is 0 Å². The smallest absolute Gasteiger partial charge is 0.323 e. The average Bonchev–Trinajstić information content (AvgIpc) is 2.34. The second-order valence-corrected chi connectivity index (χ2v) is 5.49. The molecular weight excluding hydrogens is 238 g/mol. The van der Waals surface area contributed by atoms with Crippen molar-refractivity contribution < 1.29 is 9.53 Å². The Labute approximate surface area is 116 Å². The summed E-state index contributed by atoms with van der Waals surface area (Å²) in [5.74, 6) is 0.00999. The van der Waals surface area contributed by atoms with E-state index < -0.39 is 0 Å². The summed E-state index contributed by atoms with van der Waals surface area (Å²) in [5.41, 5.74) is 5.07. The Balaban J connectivity index is 2.80. The second kappa shape index (κ2) is 6.71. The minimum absolute atomic E-state index is 0.198. The van der Waals surface area contributed by atoms with Gasteiger partial charge in [0.2, 0.25) is 0 Å². The summed E-state index contributed by atoms with van der Waals surface area (Å²) in [6.45, 7) is 11.0. The van der Waals surface area contributed by atoms with Crippen LogP contribution >= 0.6 is 0 Å². The van der Waals surface area contributed by atoms with E-state index in [0.29, 0.717) is 6.54 Å². The molecule has 1 rings (SSSR count). The van der Waals surface area contributed by atoms with Gasteiger partial charge in [-0.3, -0.25) is 4.79 Å². The van der Waals surface area contributed by atoms with E-state index in [4.69, 9.17) is 4.74 Å². The van der Waals surface area contributed by atoms with Gasteiger partial charge in [-0.2, -0.15) is 0 Å². The van der Waals surface area contributed by atoms with Crippen molar-refractivity contribution >= 4 is 5.97 Å². The normalized spacial score (nSPS) is 12.6. The first-order valence-electron chi connectivity index (χ1n) is 6.74. The second-order valence-electron chi connectivity index (χ2n) is 5.49. The number of hydrogen-bond donors (Lipinski definition) is 1. The van der Waals surface area contributed by atoms with Crippen LogP contribution in [0.4, 0.5) is 0 Å². The molecule has 3 heteroatoms. The van der Waals surface area contributed by atoms with Gasteiger partial charge in [0, 0.05) is 6.54 Å². The summed E-state index contributed by atoms with van der Waals surface area (Å²) >= 11 is 0. The molecule has 106 valence electrons. The molecule has 1 N–H and O–H groups in total. The highest BCUT2D eigenvalue weighted by atomic mass is 16.5. The van der Waals surface area contributed by atoms with Crippen LogP contribution in [0.2, 0.25) is 0 Å². The first-order valence-corrected chi connectivity index (χ1v) is 6.74. The number of hydrogen-bond acceptors (Lipinski definition) is 3. The topological polar surface area (TPSA) is 38.3 Å². The number of esters is 1. The van der Waals surface area contributed by atoms with Crippen LogP contribution in [0.5, 0.6) is 0 Å². The van der Waals surface area contributed by atoms with E-state index in [1.165, 1.54) is 29.4 Å². The van der Waals surface area contributed by atoms with Gasteiger partial charge in [0.1, 0.15) is 6.04 Å². The number of methoxy groups -OCH3 is 1. The zero-order chi connectivity index (χ0) is 14.6. The number of benzene rings is 1. The van der Waals surface area contributed by atoms with Crippen LogP contribution in [0.15, 0.2) is 12.1 Å². The molecule has 0 radical (unpaired) electrons. The van der Waals surface area contributed by atoms with Crippen molar-refractivity contribution in [1.82, 2.24) is 5.32 Å². The van der Waals surface area contributed by atoms with Gasteiger partial charge in [-0.25, -0.2) is 0 Å². The minimum Gasteiger partial charge on any atom is -0.468 e. The van der Waals surface area contributed by atoms with E-state index in [0.717, 1.165) is 0 Å². The van der Waals surface area contributed by atoms with Crippen molar-refractivity contribution in [2.24, 2.45) is 5.92 Å². The van der Waals surface area contributed by atoms with Gasteiger partial charge in [-0.1, -0.05) is 26.0 Å². The SMILES string of the molecule is COC(=O)[C@@H](NCc1cc(C)c(C)cc1C)C(C)C. The molecule has 0 saturated heterocycles. The predicted molar refractivity (Wildman–Crippen MR) is 78.1 cm³/mol. The third kappa shape index (κ3) is 4.06. The lowest BCUT2D eigenvalue weighted by Crippen LogP contribution is -2.41. The quantitative estimate of drug-likeness (QED) is 0.830. The standard InChI is InChI=1S/C16H25NO2/c1-10(2)15(16(18)19-6)17-9-14-8-12(4)11(3)7-13(14)5/h7-8,10,15,17H,9H2,1-6H3/t15-/m0/s1. The van der Waals surface area contributed by atoms with E-state index in [1.54, 1.807) is 0 Å². The first-order chi connectivity index (χ1) is 8.86. The fourth-order valence-electron chi connectivity index (χ4n) is 2.15. The Morgan fingerprint density at radius 2 is 1.74 bits per heavy atom. The predicted octanol–water partition coefficient (Wildman–Crippen LogP) is 2.90. The van der Waals surface area contributed by atoms with Crippen LogP contribution in [0.1, 0.15) is 36.1 Å². The van der Waals surface area contributed by atoms with E-state index in [-0.39, 0.29) is 17.9 Å². The summed E-state index contributed by atoms with van der Waals surface area (Å²) in [6.07, 6.45) is 0. The van der Waals surface area contributed by atoms with Gasteiger partial charge in [0.15, 0.2) is 0 Å².